The number of fused-ring (bicyclic) bond motifs is 1. The second-order valence-electron chi connectivity index (χ2n) is 5.07. The van der Waals surface area contributed by atoms with Crippen LogP contribution in [0.5, 0.6) is 0 Å². The van der Waals surface area contributed by atoms with Gasteiger partial charge in [0.15, 0.2) is 0 Å². The average molecular weight is 324 g/mol. The molecule has 8 heteroatoms. The number of hydrogen-bond donors (Lipinski definition) is 2. The smallest absolute Gasteiger partial charge is 0.293 e. The van der Waals surface area contributed by atoms with Crippen LogP contribution < -0.4 is 10.6 Å². The van der Waals surface area contributed by atoms with Gasteiger partial charge in [0.1, 0.15) is 17.8 Å². The Morgan fingerprint density at radius 3 is 2.75 bits per heavy atom. The van der Waals surface area contributed by atoms with Gasteiger partial charge >= 0.3 is 0 Å². The van der Waals surface area contributed by atoms with Crippen LogP contribution in [0, 0.1) is 10.1 Å². The second-order valence-corrected chi connectivity index (χ2v) is 5.07. The summed E-state index contributed by atoms with van der Waals surface area (Å²) >= 11 is 0. The van der Waals surface area contributed by atoms with Gasteiger partial charge in [-0.2, -0.15) is 0 Å². The fourth-order valence-corrected chi connectivity index (χ4v) is 2.39. The normalized spacial score (nSPS) is 10.5. The van der Waals surface area contributed by atoms with Crippen LogP contribution in [0.4, 0.5) is 17.2 Å². The summed E-state index contributed by atoms with van der Waals surface area (Å²) in [7, 11) is 0. The highest BCUT2D eigenvalue weighted by atomic mass is 16.6. The third-order valence-electron chi connectivity index (χ3n) is 3.48. The second kappa shape index (κ2) is 6.86. The molecule has 0 fully saturated rings. The molecule has 2 aromatic heterocycles. The summed E-state index contributed by atoms with van der Waals surface area (Å²) in [5.41, 5.74) is 1.93. The molecule has 0 radical (unpaired) electrons. The van der Waals surface area contributed by atoms with Crippen LogP contribution in [0.2, 0.25) is 0 Å². The maximum absolute atomic E-state index is 11.3. The van der Waals surface area contributed by atoms with Gasteiger partial charge in [-0.1, -0.05) is 6.07 Å². The summed E-state index contributed by atoms with van der Waals surface area (Å²) in [5, 5.41) is 18.1. The number of nitrogens with one attached hydrogen (secondary N) is 2. The zero-order chi connectivity index (χ0) is 16.9. The van der Waals surface area contributed by atoms with E-state index < -0.39 is 4.92 Å². The van der Waals surface area contributed by atoms with E-state index in [-0.39, 0.29) is 5.69 Å². The monoisotopic (exact) mass is 324 g/mol. The minimum absolute atomic E-state index is 0.0000334. The van der Waals surface area contributed by atoms with Gasteiger partial charge in [0.2, 0.25) is 0 Å². The molecule has 3 rings (SSSR count). The number of nitro benzene ring substituents is 1. The Kier molecular flexibility index (Phi) is 4.46. The van der Waals surface area contributed by atoms with Crippen molar-refractivity contribution in [2.45, 2.75) is 13.5 Å². The van der Waals surface area contributed by atoms with Crippen LogP contribution >= 0.6 is 0 Å². The fourth-order valence-electron chi connectivity index (χ4n) is 2.39. The Bertz CT molecular complexity index is 869. The quantitative estimate of drug-likeness (QED) is 0.530. The highest BCUT2D eigenvalue weighted by Gasteiger charge is 2.17. The van der Waals surface area contributed by atoms with Gasteiger partial charge in [-0.15, -0.1) is 0 Å². The largest absolute Gasteiger partial charge is 0.380 e. The molecule has 24 heavy (non-hydrogen) atoms. The standard InChI is InChI=1S/C16H16N6O2/c1-2-17-14-8-13-12(7-15(14)22(23)24)16(21-10-20-13)19-9-11-5-3-4-6-18-11/h3-8,10,17H,2,9H2,1H3,(H,19,20,21). The molecule has 0 amide bonds. The van der Waals surface area contributed by atoms with E-state index in [9.17, 15) is 10.1 Å². The number of rotatable bonds is 6. The van der Waals surface area contributed by atoms with E-state index in [2.05, 4.69) is 25.6 Å². The Morgan fingerprint density at radius 1 is 1.17 bits per heavy atom. The van der Waals surface area contributed by atoms with Crippen molar-refractivity contribution in [1.29, 1.82) is 0 Å². The van der Waals surface area contributed by atoms with Crippen molar-refractivity contribution >= 4 is 28.1 Å². The zero-order valence-electron chi connectivity index (χ0n) is 13.1. The molecule has 0 bridgehead atoms. The first-order valence-corrected chi connectivity index (χ1v) is 7.50. The van der Waals surface area contributed by atoms with Gasteiger partial charge < -0.3 is 10.6 Å². The van der Waals surface area contributed by atoms with Crippen molar-refractivity contribution in [2.75, 3.05) is 17.2 Å². The first kappa shape index (κ1) is 15.6. The van der Waals surface area contributed by atoms with Gasteiger partial charge in [-0.05, 0) is 25.1 Å². The third-order valence-corrected chi connectivity index (χ3v) is 3.48. The molecule has 0 saturated heterocycles. The van der Waals surface area contributed by atoms with Gasteiger partial charge in [0.05, 0.1) is 22.7 Å². The Hall–Kier alpha value is -3.29. The number of anilines is 2. The van der Waals surface area contributed by atoms with Crippen LogP contribution in [0.15, 0.2) is 42.9 Å². The van der Waals surface area contributed by atoms with Crippen LogP contribution in [-0.2, 0) is 6.54 Å². The Balaban J connectivity index is 1.99. The molecule has 0 spiro atoms. The number of aromatic nitrogens is 3. The van der Waals surface area contributed by atoms with E-state index in [1.807, 2.05) is 25.1 Å². The van der Waals surface area contributed by atoms with Crippen molar-refractivity contribution in [1.82, 2.24) is 15.0 Å². The summed E-state index contributed by atoms with van der Waals surface area (Å²) < 4.78 is 0. The minimum Gasteiger partial charge on any atom is -0.380 e. The Morgan fingerprint density at radius 2 is 2.04 bits per heavy atom. The summed E-state index contributed by atoms with van der Waals surface area (Å²) in [5.74, 6) is 0.539. The lowest BCUT2D eigenvalue weighted by molar-refractivity contribution is -0.383. The summed E-state index contributed by atoms with van der Waals surface area (Å²) in [6.07, 6.45) is 3.15. The van der Waals surface area contributed by atoms with Crippen molar-refractivity contribution in [3.05, 3.63) is 58.7 Å². The molecular weight excluding hydrogens is 308 g/mol. The number of benzene rings is 1. The van der Waals surface area contributed by atoms with E-state index in [1.165, 1.54) is 12.4 Å². The first-order chi connectivity index (χ1) is 11.7. The lowest BCUT2D eigenvalue weighted by Crippen LogP contribution is -2.05. The number of pyridine rings is 1. The van der Waals surface area contributed by atoms with Crippen molar-refractivity contribution in [2.24, 2.45) is 0 Å². The third kappa shape index (κ3) is 3.22. The summed E-state index contributed by atoms with van der Waals surface area (Å²) in [4.78, 5) is 23.6. The topological polar surface area (TPSA) is 106 Å². The predicted octanol–water partition coefficient (Wildman–Crippen LogP) is 2.98. The van der Waals surface area contributed by atoms with Crippen LogP contribution in [0.1, 0.15) is 12.6 Å². The van der Waals surface area contributed by atoms with Crippen LogP contribution in [-0.4, -0.2) is 26.4 Å². The summed E-state index contributed by atoms with van der Waals surface area (Å²) in [6, 6.07) is 8.80. The van der Waals surface area contributed by atoms with E-state index in [0.29, 0.717) is 35.5 Å². The zero-order valence-corrected chi connectivity index (χ0v) is 13.1. The molecule has 0 atom stereocenters. The predicted molar refractivity (Wildman–Crippen MR) is 91.9 cm³/mol. The molecular formula is C16H16N6O2. The van der Waals surface area contributed by atoms with Crippen LogP contribution in [0.25, 0.3) is 10.9 Å². The highest BCUT2D eigenvalue weighted by Crippen LogP contribution is 2.31. The van der Waals surface area contributed by atoms with E-state index in [4.69, 9.17) is 0 Å². The van der Waals surface area contributed by atoms with Crippen molar-refractivity contribution < 1.29 is 4.92 Å². The fraction of sp³-hybridized carbons (Fsp3) is 0.188. The van der Waals surface area contributed by atoms with E-state index >= 15 is 0 Å². The molecule has 0 saturated carbocycles. The molecule has 2 heterocycles. The van der Waals surface area contributed by atoms with Gasteiger partial charge in [-0.25, -0.2) is 9.97 Å². The molecule has 122 valence electrons. The number of nitrogens with zero attached hydrogens (tertiary/aromatic N) is 4. The molecule has 8 nitrogen and oxygen atoms in total. The highest BCUT2D eigenvalue weighted by molar-refractivity contribution is 5.94. The molecule has 1 aromatic carbocycles. The molecule has 2 N–H and O–H groups in total. The van der Waals surface area contributed by atoms with Crippen LogP contribution in [0.3, 0.4) is 0 Å². The maximum Gasteiger partial charge on any atom is 0.293 e. The van der Waals surface area contributed by atoms with Crippen molar-refractivity contribution in [3.8, 4) is 0 Å². The lowest BCUT2D eigenvalue weighted by atomic mass is 10.1. The van der Waals surface area contributed by atoms with Gasteiger partial charge in [0, 0.05) is 24.2 Å². The first-order valence-electron chi connectivity index (χ1n) is 7.50. The molecule has 0 aliphatic heterocycles. The van der Waals surface area contributed by atoms with Crippen molar-refractivity contribution in [3.63, 3.8) is 0 Å². The van der Waals surface area contributed by atoms with Gasteiger partial charge in [0.25, 0.3) is 5.69 Å². The van der Waals surface area contributed by atoms with E-state index in [1.54, 1.807) is 12.3 Å². The molecule has 3 aromatic rings. The number of nitro groups is 1. The molecule has 0 unspecified atom stereocenters. The SMILES string of the molecule is CCNc1cc2ncnc(NCc3ccccn3)c2cc1[N+](=O)[O-]. The lowest BCUT2D eigenvalue weighted by Gasteiger charge is -2.10. The average Bonchev–Trinajstić information content (AvgIpc) is 2.60. The Labute approximate surface area is 138 Å². The number of hydrogen-bond acceptors (Lipinski definition) is 7. The summed E-state index contributed by atoms with van der Waals surface area (Å²) in [6.45, 7) is 2.94. The van der Waals surface area contributed by atoms with Gasteiger partial charge in [-0.3, -0.25) is 15.1 Å². The molecule has 0 aliphatic rings. The maximum atomic E-state index is 11.3. The molecule has 0 aliphatic carbocycles. The van der Waals surface area contributed by atoms with E-state index in [0.717, 1.165) is 5.69 Å². The minimum atomic E-state index is -0.410.